The Morgan fingerprint density at radius 3 is 2.92 bits per heavy atom. The molecule has 1 unspecified atom stereocenters. The van der Waals surface area contributed by atoms with Gasteiger partial charge < -0.3 is 9.26 Å². The van der Waals surface area contributed by atoms with Crippen molar-refractivity contribution in [3.05, 3.63) is 47.6 Å². The zero-order chi connectivity index (χ0) is 16.7. The molecule has 2 aliphatic heterocycles. The van der Waals surface area contributed by atoms with Crippen LogP contribution in [-0.2, 0) is 16.7 Å². The summed E-state index contributed by atoms with van der Waals surface area (Å²) in [5.74, 6) is 2.25. The molecule has 132 valence electrons. The maximum atomic E-state index is 5.80. The number of aromatic nitrogens is 2. The highest BCUT2D eigenvalue weighted by Crippen LogP contribution is 2.50. The summed E-state index contributed by atoms with van der Waals surface area (Å²) in [6, 6.07) is 10.7. The second-order valence-corrected chi connectivity index (χ2v) is 7.86. The molecule has 0 amide bonds. The van der Waals surface area contributed by atoms with E-state index >= 15 is 0 Å². The molecule has 2 saturated heterocycles. The fraction of sp³-hybridized carbons (Fsp3) is 0.600. The number of benzene rings is 1. The molecule has 0 spiro atoms. The highest BCUT2D eigenvalue weighted by molar-refractivity contribution is 5.20. The van der Waals surface area contributed by atoms with Crippen LogP contribution in [0.1, 0.15) is 55.5 Å². The molecular weight excluding hydrogens is 314 g/mol. The Morgan fingerprint density at radius 2 is 2.08 bits per heavy atom. The lowest BCUT2D eigenvalue weighted by Gasteiger charge is -2.24. The maximum absolute atomic E-state index is 5.80. The van der Waals surface area contributed by atoms with E-state index in [9.17, 15) is 0 Å². The predicted octanol–water partition coefficient (Wildman–Crippen LogP) is 3.47. The van der Waals surface area contributed by atoms with Crippen molar-refractivity contribution >= 4 is 0 Å². The Kier molecular flexibility index (Phi) is 3.86. The van der Waals surface area contributed by atoms with E-state index in [4.69, 9.17) is 14.2 Å². The van der Waals surface area contributed by atoms with Gasteiger partial charge in [0.1, 0.15) is 6.10 Å². The molecule has 0 N–H and O–H groups in total. The quantitative estimate of drug-likeness (QED) is 0.854. The molecule has 1 aromatic heterocycles. The van der Waals surface area contributed by atoms with Crippen molar-refractivity contribution in [3.8, 4) is 0 Å². The molecule has 5 rings (SSSR count). The largest absolute Gasteiger partial charge is 0.370 e. The van der Waals surface area contributed by atoms with Gasteiger partial charge in [-0.3, -0.25) is 4.90 Å². The van der Waals surface area contributed by atoms with Crippen molar-refractivity contribution in [2.45, 2.75) is 50.2 Å². The molecule has 3 atom stereocenters. The summed E-state index contributed by atoms with van der Waals surface area (Å²) in [4.78, 5) is 7.38. The van der Waals surface area contributed by atoms with E-state index in [1.807, 2.05) is 0 Å². The van der Waals surface area contributed by atoms with E-state index in [-0.39, 0.29) is 11.5 Å². The topological polar surface area (TPSA) is 51.4 Å². The summed E-state index contributed by atoms with van der Waals surface area (Å²) >= 11 is 0. The lowest BCUT2D eigenvalue weighted by atomic mass is 9.80. The summed E-state index contributed by atoms with van der Waals surface area (Å²) in [7, 11) is 0. The molecule has 3 aliphatic rings. The molecule has 5 heteroatoms. The average Bonchev–Trinajstić information content (AvgIpc) is 3.38. The van der Waals surface area contributed by atoms with Gasteiger partial charge in [0.25, 0.3) is 0 Å². The van der Waals surface area contributed by atoms with Crippen LogP contribution in [0.3, 0.4) is 0 Å². The zero-order valence-electron chi connectivity index (χ0n) is 14.6. The van der Waals surface area contributed by atoms with Crippen LogP contribution in [0.25, 0.3) is 0 Å². The molecule has 1 aromatic carbocycles. The van der Waals surface area contributed by atoms with Crippen LogP contribution >= 0.6 is 0 Å². The first kappa shape index (κ1) is 15.5. The van der Waals surface area contributed by atoms with Gasteiger partial charge in [0.15, 0.2) is 0 Å². The number of likely N-dealkylation sites (tertiary alicyclic amines) is 1. The summed E-state index contributed by atoms with van der Waals surface area (Å²) < 4.78 is 11.5. The van der Waals surface area contributed by atoms with Crippen LogP contribution < -0.4 is 0 Å². The highest BCUT2D eigenvalue weighted by atomic mass is 16.5. The van der Waals surface area contributed by atoms with Gasteiger partial charge in [0.05, 0.1) is 5.41 Å². The van der Waals surface area contributed by atoms with Crippen molar-refractivity contribution in [2.75, 3.05) is 19.7 Å². The first-order valence-electron chi connectivity index (χ1n) is 9.55. The molecule has 25 heavy (non-hydrogen) atoms. The van der Waals surface area contributed by atoms with E-state index in [2.05, 4.69) is 40.4 Å². The maximum Gasteiger partial charge on any atom is 0.234 e. The van der Waals surface area contributed by atoms with E-state index in [0.29, 0.717) is 5.92 Å². The van der Waals surface area contributed by atoms with Gasteiger partial charge >= 0.3 is 0 Å². The van der Waals surface area contributed by atoms with Crippen LogP contribution in [-0.4, -0.2) is 34.7 Å². The smallest absolute Gasteiger partial charge is 0.234 e. The highest BCUT2D eigenvalue weighted by Gasteiger charge is 2.54. The summed E-state index contributed by atoms with van der Waals surface area (Å²) in [5, 5.41) is 4.28. The average molecular weight is 339 g/mol. The Balaban J connectivity index is 1.37. The summed E-state index contributed by atoms with van der Waals surface area (Å²) in [6.45, 7) is 3.98. The first-order chi connectivity index (χ1) is 12.3. The second kappa shape index (κ2) is 6.22. The van der Waals surface area contributed by atoms with Gasteiger partial charge in [-0.2, -0.15) is 4.98 Å². The third-order valence-electron chi connectivity index (χ3n) is 6.28. The number of hydrogen-bond donors (Lipinski definition) is 0. The molecule has 3 fully saturated rings. The van der Waals surface area contributed by atoms with Crippen molar-refractivity contribution < 1.29 is 9.26 Å². The predicted molar refractivity (Wildman–Crippen MR) is 93.0 cm³/mol. The minimum atomic E-state index is 0.0376. The minimum absolute atomic E-state index is 0.0376. The fourth-order valence-corrected chi connectivity index (χ4v) is 5.05. The van der Waals surface area contributed by atoms with E-state index in [1.165, 1.54) is 18.4 Å². The number of rotatable bonds is 4. The van der Waals surface area contributed by atoms with Crippen LogP contribution in [0, 0.1) is 5.92 Å². The van der Waals surface area contributed by atoms with Crippen LogP contribution in [0.2, 0.25) is 0 Å². The fourth-order valence-electron chi connectivity index (χ4n) is 5.05. The molecule has 1 saturated carbocycles. The van der Waals surface area contributed by atoms with Crippen LogP contribution in [0.5, 0.6) is 0 Å². The number of fused-ring (bicyclic) bond motifs is 1. The Morgan fingerprint density at radius 1 is 1.16 bits per heavy atom. The first-order valence-corrected chi connectivity index (χ1v) is 9.55. The lowest BCUT2D eigenvalue weighted by Crippen LogP contribution is -2.32. The third-order valence-corrected chi connectivity index (χ3v) is 6.28. The molecule has 2 aromatic rings. The van der Waals surface area contributed by atoms with Crippen molar-refractivity contribution in [2.24, 2.45) is 5.92 Å². The summed E-state index contributed by atoms with van der Waals surface area (Å²) in [5.41, 5.74) is 1.43. The van der Waals surface area contributed by atoms with Crippen molar-refractivity contribution in [1.82, 2.24) is 15.0 Å². The van der Waals surface area contributed by atoms with Crippen molar-refractivity contribution in [1.29, 1.82) is 0 Å². The standard InChI is InChI=1S/C20H25N3O2/c1-2-6-15(7-3-1)12-23-13-16-8-4-10-20(16,14-23)19-21-18(22-25-19)17-9-5-11-24-17/h1-3,6-7,16-17H,4-5,8-14H2/t16-,17?,20-/m1/s1. The number of nitrogens with zero attached hydrogens (tertiary/aromatic N) is 3. The SMILES string of the molecule is c1ccc(CN2C[C@H]3CCC[C@@]3(c3nc(C4CCCO4)no3)C2)cc1. The lowest BCUT2D eigenvalue weighted by molar-refractivity contribution is 0.103. The third kappa shape index (κ3) is 2.70. The molecule has 1 aliphatic carbocycles. The monoisotopic (exact) mass is 339 g/mol. The number of hydrogen-bond acceptors (Lipinski definition) is 5. The van der Waals surface area contributed by atoms with E-state index < -0.39 is 0 Å². The number of ether oxygens (including phenoxy) is 1. The van der Waals surface area contributed by atoms with Gasteiger partial charge in [-0.05, 0) is 37.2 Å². The van der Waals surface area contributed by atoms with Gasteiger partial charge in [0.2, 0.25) is 11.7 Å². The van der Waals surface area contributed by atoms with Crippen molar-refractivity contribution in [3.63, 3.8) is 0 Å². The van der Waals surface area contributed by atoms with Gasteiger partial charge in [-0.1, -0.05) is 41.9 Å². The van der Waals surface area contributed by atoms with Gasteiger partial charge in [-0.15, -0.1) is 0 Å². The zero-order valence-corrected chi connectivity index (χ0v) is 14.6. The van der Waals surface area contributed by atoms with Gasteiger partial charge in [-0.25, -0.2) is 0 Å². The van der Waals surface area contributed by atoms with Crippen LogP contribution in [0.4, 0.5) is 0 Å². The molecule has 3 heterocycles. The van der Waals surface area contributed by atoms with Crippen LogP contribution in [0.15, 0.2) is 34.9 Å². The van der Waals surface area contributed by atoms with E-state index in [1.54, 1.807) is 0 Å². The minimum Gasteiger partial charge on any atom is -0.370 e. The normalized spacial score (nSPS) is 32.3. The Labute approximate surface area is 148 Å². The van der Waals surface area contributed by atoms with Gasteiger partial charge in [0, 0.05) is 26.2 Å². The molecule has 5 nitrogen and oxygen atoms in total. The second-order valence-electron chi connectivity index (χ2n) is 7.86. The molecule has 0 bridgehead atoms. The Hall–Kier alpha value is -1.72. The Bertz CT molecular complexity index is 726. The summed E-state index contributed by atoms with van der Waals surface area (Å²) in [6.07, 6.45) is 5.83. The molecular formula is C20H25N3O2. The molecule has 0 radical (unpaired) electrons. The van der Waals surface area contributed by atoms with E-state index in [0.717, 1.165) is 57.2 Å².